The summed E-state index contributed by atoms with van der Waals surface area (Å²) >= 11 is 0. The molecule has 90 valence electrons. The Balaban J connectivity index is 2.34. The van der Waals surface area contributed by atoms with Gasteiger partial charge >= 0.3 is 0 Å². The van der Waals surface area contributed by atoms with Crippen LogP contribution in [0.25, 0.3) is 0 Å². The molecule has 0 aromatic carbocycles. The number of likely N-dealkylation sites (N-methyl/N-ethyl adjacent to an activating group) is 1. The molecule has 0 saturated carbocycles. The molecule has 0 aliphatic rings. The molecule has 0 aliphatic carbocycles. The van der Waals surface area contributed by atoms with Crippen molar-refractivity contribution in [3.63, 3.8) is 0 Å². The lowest BCUT2D eigenvalue weighted by molar-refractivity contribution is 0.0948. The van der Waals surface area contributed by atoms with Gasteiger partial charge in [-0.3, -0.25) is 9.89 Å². The Morgan fingerprint density at radius 2 is 2.19 bits per heavy atom. The first-order chi connectivity index (χ1) is 7.69. The van der Waals surface area contributed by atoms with Crippen molar-refractivity contribution in [1.82, 2.24) is 20.4 Å². The maximum atomic E-state index is 11.7. The first-order valence-corrected chi connectivity index (χ1v) is 5.69. The summed E-state index contributed by atoms with van der Waals surface area (Å²) in [6.45, 7) is 9.65. The summed E-state index contributed by atoms with van der Waals surface area (Å²) in [7, 11) is 0. The Morgan fingerprint density at radius 3 is 2.69 bits per heavy atom. The fraction of sp³-hybridized carbons (Fsp3) is 0.636. The van der Waals surface area contributed by atoms with Crippen molar-refractivity contribution in [2.24, 2.45) is 0 Å². The molecule has 1 aromatic heterocycles. The van der Waals surface area contributed by atoms with E-state index in [2.05, 4.69) is 34.3 Å². The topological polar surface area (TPSA) is 61.0 Å². The average molecular weight is 224 g/mol. The molecular weight excluding hydrogens is 204 g/mol. The number of carbonyl (C=O) groups is 1. The van der Waals surface area contributed by atoms with E-state index in [1.807, 2.05) is 6.92 Å². The third-order valence-corrected chi connectivity index (χ3v) is 2.68. The van der Waals surface area contributed by atoms with Crippen LogP contribution in [0.15, 0.2) is 6.20 Å². The average Bonchev–Trinajstić information content (AvgIpc) is 2.70. The number of aromatic amines is 1. The summed E-state index contributed by atoms with van der Waals surface area (Å²) in [6, 6.07) is 0. The molecule has 0 spiro atoms. The van der Waals surface area contributed by atoms with Crippen molar-refractivity contribution < 1.29 is 4.79 Å². The summed E-state index contributed by atoms with van der Waals surface area (Å²) in [5.74, 6) is -0.0570. The van der Waals surface area contributed by atoms with Gasteiger partial charge in [0, 0.05) is 18.8 Å². The molecule has 16 heavy (non-hydrogen) atoms. The third-order valence-electron chi connectivity index (χ3n) is 2.68. The monoisotopic (exact) mass is 224 g/mol. The van der Waals surface area contributed by atoms with Gasteiger partial charge in [-0.15, -0.1) is 0 Å². The zero-order chi connectivity index (χ0) is 12.0. The molecule has 0 atom stereocenters. The number of nitrogens with one attached hydrogen (secondary N) is 2. The van der Waals surface area contributed by atoms with Gasteiger partial charge in [0.1, 0.15) is 0 Å². The van der Waals surface area contributed by atoms with Crippen LogP contribution in [0.1, 0.15) is 29.9 Å². The number of hydrogen-bond donors (Lipinski definition) is 2. The van der Waals surface area contributed by atoms with Crippen LogP contribution in [0, 0.1) is 6.92 Å². The molecular formula is C11H20N4O. The largest absolute Gasteiger partial charge is 0.351 e. The van der Waals surface area contributed by atoms with E-state index >= 15 is 0 Å². The van der Waals surface area contributed by atoms with Crippen LogP contribution in [0.3, 0.4) is 0 Å². The van der Waals surface area contributed by atoms with E-state index in [4.69, 9.17) is 0 Å². The van der Waals surface area contributed by atoms with Gasteiger partial charge in [0.05, 0.1) is 11.8 Å². The number of rotatable bonds is 6. The summed E-state index contributed by atoms with van der Waals surface area (Å²) in [6.07, 6.45) is 1.56. The van der Waals surface area contributed by atoms with Crippen LogP contribution in [0.2, 0.25) is 0 Å². The van der Waals surface area contributed by atoms with Crippen molar-refractivity contribution in [3.8, 4) is 0 Å². The highest BCUT2D eigenvalue weighted by Crippen LogP contribution is 2.01. The van der Waals surface area contributed by atoms with E-state index in [0.717, 1.165) is 25.3 Å². The lowest BCUT2D eigenvalue weighted by atomic mass is 10.2. The minimum Gasteiger partial charge on any atom is -0.351 e. The Labute approximate surface area is 96.2 Å². The minimum atomic E-state index is -0.0570. The summed E-state index contributed by atoms with van der Waals surface area (Å²) in [4.78, 5) is 14.0. The Bertz CT molecular complexity index is 330. The Kier molecular flexibility index (Phi) is 4.98. The van der Waals surface area contributed by atoms with Crippen molar-refractivity contribution >= 4 is 5.91 Å². The lowest BCUT2D eigenvalue weighted by Crippen LogP contribution is -2.34. The van der Waals surface area contributed by atoms with Crippen LogP contribution in [-0.2, 0) is 0 Å². The number of hydrogen-bond acceptors (Lipinski definition) is 3. The lowest BCUT2D eigenvalue weighted by Gasteiger charge is -2.17. The van der Waals surface area contributed by atoms with Gasteiger partial charge in [0.25, 0.3) is 5.91 Å². The molecule has 0 saturated heterocycles. The molecule has 1 amide bonds. The van der Waals surface area contributed by atoms with Crippen molar-refractivity contribution in [3.05, 3.63) is 17.5 Å². The maximum Gasteiger partial charge on any atom is 0.254 e. The molecule has 1 rings (SSSR count). The number of H-pyrrole nitrogens is 1. The van der Waals surface area contributed by atoms with Crippen LogP contribution in [0.5, 0.6) is 0 Å². The minimum absolute atomic E-state index is 0.0570. The second-order valence-electron chi connectivity index (χ2n) is 3.69. The van der Waals surface area contributed by atoms with Crippen LogP contribution in [-0.4, -0.2) is 47.2 Å². The van der Waals surface area contributed by atoms with E-state index in [1.54, 1.807) is 6.20 Å². The predicted molar refractivity (Wildman–Crippen MR) is 63.4 cm³/mol. The van der Waals surface area contributed by atoms with E-state index in [1.165, 1.54) is 0 Å². The highest BCUT2D eigenvalue weighted by molar-refractivity contribution is 5.94. The van der Waals surface area contributed by atoms with E-state index in [9.17, 15) is 4.79 Å². The molecule has 0 fully saturated rings. The van der Waals surface area contributed by atoms with Crippen LogP contribution < -0.4 is 5.32 Å². The number of aromatic nitrogens is 2. The first kappa shape index (κ1) is 12.7. The van der Waals surface area contributed by atoms with Crippen LogP contribution >= 0.6 is 0 Å². The molecule has 0 unspecified atom stereocenters. The fourth-order valence-corrected chi connectivity index (χ4v) is 1.54. The quantitative estimate of drug-likeness (QED) is 0.751. The summed E-state index contributed by atoms with van der Waals surface area (Å²) < 4.78 is 0. The maximum absolute atomic E-state index is 11.7. The molecule has 0 radical (unpaired) electrons. The van der Waals surface area contributed by atoms with E-state index in [0.29, 0.717) is 12.1 Å². The Morgan fingerprint density at radius 1 is 1.50 bits per heavy atom. The van der Waals surface area contributed by atoms with Crippen LogP contribution in [0.4, 0.5) is 0 Å². The third kappa shape index (κ3) is 3.34. The standard InChI is InChI=1S/C11H20N4O/c1-4-15(5-2)7-6-12-11(16)10-8-13-14-9(10)3/h8H,4-7H2,1-3H3,(H,12,16)(H,13,14). The Hall–Kier alpha value is -1.36. The summed E-state index contributed by atoms with van der Waals surface area (Å²) in [5, 5.41) is 9.46. The number of nitrogens with zero attached hydrogens (tertiary/aromatic N) is 2. The molecule has 1 heterocycles. The van der Waals surface area contributed by atoms with E-state index < -0.39 is 0 Å². The molecule has 5 heteroatoms. The van der Waals surface area contributed by atoms with Gasteiger partial charge in [-0.25, -0.2) is 0 Å². The van der Waals surface area contributed by atoms with E-state index in [-0.39, 0.29) is 5.91 Å². The summed E-state index contributed by atoms with van der Waals surface area (Å²) in [5.41, 5.74) is 1.43. The first-order valence-electron chi connectivity index (χ1n) is 5.69. The predicted octanol–water partition coefficient (Wildman–Crippen LogP) is 0.790. The second-order valence-corrected chi connectivity index (χ2v) is 3.69. The number of aryl methyl sites for hydroxylation is 1. The number of amides is 1. The molecule has 1 aromatic rings. The van der Waals surface area contributed by atoms with Gasteiger partial charge in [0.15, 0.2) is 0 Å². The van der Waals surface area contributed by atoms with Gasteiger partial charge < -0.3 is 10.2 Å². The molecule has 0 aliphatic heterocycles. The molecule has 0 bridgehead atoms. The second kappa shape index (κ2) is 6.27. The zero-order valence-corrected chi connectivity index (χ0v) is 10.2. The fourth-order valence-electron chi connectivity index (χ4n) is 1.54. The van der Waals surface area contributed by atoms with Crippen molar-refractivity contribution in [1.29, 1.82) is 0 Å². The van der Waals surface area contributed by atoms with Gasteiger partial charge in [-0.1, -0.05) is 13.8 Å². The van der Waals surface area contributed by atoms with Gasteiger partial charge in [-0.2, -0.15) is 5.10 Å². The highest BCUT2D eigenvalue weighted by Gasteiger charge is 2.09. The normalized spacial score (nSPS) is 10.8. The van der Waals surface area contributed by atoms with Crippen molar-refractivity contribution in [2.75, 3.05) is 26.2 Å². The number of carbonyl (C=O) groups excluding carboxylic acids is 1. The zero-order valence-electron chi connectivity index (χ0n) is 10.2. The van der Waals surface area contributed by atoms with Gasteiger partial charge in [0.2, 0.25) is 0 Å². The van der Waals surface area contributed by atoms with Gasteiger partial charge in [-0.05, 0) is 20.0 Å². The molecule has 5 nitrogen and oxygen atoms in total. The molecule has 2 N–H and O–H groups in total. The van der Waals surface area contributed by atoms with Crippen molar-refractivity contribution in [2.45, 2.75) is 20.8 Å². The SMILES string of the molecule is CCN(CC)CCNC(=O)c1cn[nH]c1C. The smallest absolute Gasteiger partial charge is 0.254 e. The highest BCUT2D eigenvalue weighted by atomic mass is 16.1.